The summed E-state index contributed by atoms with van der Waals surface area (Å²) in [4.78, 5) is 0. The molecule has 0 aromatic heterocycles. The average molecular weight is 291 g/mol. The highest BCUT2D eigenvalue weighted by Gasteiger charge is 2.34. The van der Waals surface area contributed by atoms with Crippen molar-refractivity contribution in [1.29, 1.82) is 0 Å². The van der Waals surface area contributed by atoms with Gasteiger partial charge in [0.25, 0.3) is 0 Å². The molecule has 4 heteroatoms. The number of hydrogen-bond acceptors (Lipinski definition) is 0. The van der Waals surface area contributed by atoms with Crippen molar-refractivity contribution in [2.24, 2.45) is 0 Å². The van der Waals surface area contributed by atoms with Gasteiger partial charge in [0.1, 0.15) is 0 Å². The van der Waals surface area contributed by atoms with Crippen molar-refractivity contribution in [3.05, 3.63) is 0 Å². The zero-order valence-electron chi connectivity index (χ0n) is 12.4. The molecule has 0 aliphatic heterocycles. The second-order valence-electron chi connectivity index (χ2n) is 5.18. The Hall–Kier alpha value is -0.146. The van der Waals surface area contributed by atoms with Gasteiger partial charge in [-0.1, -0.05) is 64.5 Å². The third kappa shape index (κ3) is 6.70. The third-order valence-corrected chi connectivity index (χ3v) is 9.66. The molecule has 0 aliphatic carbocycles. The van der Waals surface area contributed by atoms with E-state index in [1.807, 2.05) is 27.7 Å². The highest BCUT2D eigenvalue weighted by molar-refractivity contribution is 6.86. The molecule has 0 fully saturated rings. The topological polar surface area (TPSA) is 0 Å². The molecule has 0 radical (unpaired) electrons. The van der Waals surface area contributed by atoms with Gasteiger partial charge in [-0.3, -0.25) is 8.22 Å². The highest BCUT2D eigenvalue weighted by atomic mass is 28.4. The Morgan fingerprint density at radius 1 is 0.611 bits per heavy atom. The van der Waals surface area contributed by atoms with Crippen molar-refractivity contribution in [2.75, 3.05) is 0 Å². The molecule has 0 nitrogen and oxygen atoms in total. The molecule has 0 rings (SSSR count). The summed E-state index contributed by atoms with van der Waals surface area (Å²) in [7, 11) is -5.97. The first-order chi connectivity index (χ1) is 8.45. The van der Waals surface area contributed by atoms with E-state index >= 15 is 0 Å². The van der Waals surface area contributed by atoms with Gasteiger partial charge in [0.2, 0.25) is 0 Å². The summed E-state index contributed by atoms with van der Waals surface area (Å²) in [5, 5.41) is 0. The van der Waals surface area contributed by atoms with Crippen molar-refractivity contribution >= 4 is 16.8 Å². The summed E-state index contributed by atoms with van der Waals surface area (Å²) < 4.78 is 29.2. The van der Waals surface area contributed by atoms with E-state index in [0.29, 0.717) is 24.2 Å². The Morgan fingerprint density at radius 3 is 1.00 bits per heavy atom. The fourth-order valence-corrected chi connectivity index (χ4v) is 8.27. The van der Waals surface area contributed by atoms with Crippen LogP contribution in [0, 0.1) is 11.1 Å². The lowest BCUT2D eigenvalue weighted by Gasteiger charge is -2.17. The SMILES string of the molecule is CCC[Si](F)(C#C[Si](F)(CCC)CCC)CCC. The zero-order valence-corrected chi connectivity index (χ0v) is 14.4. The molecular weight excluding hydrogens is 262 g/mol. The largest absolute Gasteiger partial charge is 0.322 e. The van der Waals surface area contributed by atoms with Gasteiger partial charge in [0.15, 0.2) is 0 Å². The maximum absolute atomic E-state index is 14.6. The summed E-state index contributed by atoms with van der Waals surface area (Å²) in [6.45, 7) is 7.93. The molecule has 0 heterocycles. The number of hydrogen-bond donors (Lipinski definition) is 0. The van der Waals surface area contributed by atoms with E-state index in [-0.39, 0.29) is 0 Å². The summed E-state index contributed by atoms with van der Waals surface area (Å²) in [6.07, 6.45) is 3.28. The minimum Gasteiger partial charge on any atom is -0.297 e. The molecule has 106 valence electrons. The van der Waals surface area contributed by atoms with Gasteiger partial charge in [0.05, 0.1) is 0 Å². The Balaban J connectivity index is 4.91. The summed E-state index contributed by atoms with van der Waals surface area (Å²) >= 11 is 0. The molecule has 0 aromatic rings. The van der Waals surface area contributed by atoms with Crippen molar-refractivity contribution < 1.29 is 8.22 Å². The Labute approximate surface area is 114 Å². The van der Waals surface area contributed by atoms with Crippen LogP contribution in [0.1, 0.15) is 53.4 Å². The van der Waals surface area contributed by atoms with E-state index in [0.717, 1.165) is 25.7 Å². The van der Waals surface area contributed by atoms with E-state index in [1.165, 1.54) is 0 Å². The Bertz CT molecular complexity index is 243. The van der Waals surface area contributed by atoms with Crippen LogP contribution in [0.3, 0.4) is 0 Å². The molecule has 0 bridgehead atoms. The molecule has 0 aliphatic rings. The molecule has 0 saturated carbocycles. The molecule has 0 saturated heterocycles. The molecule has 0 aromatic carbocycles. The van der Waals surface area contributed by atoms with Gasteiger partial charge in [-0.25, -0.2) is 0 Å². The second-order valence-corrected chi connectivity index (χ2v) is 11.5. The lowest BCUT2D eigenvalue weighted by Crippen LogP contribution is -2.31. The minimum absolute atomic E-state index is 0.566. The van der Waals surface area contributed by atoms with Crippen LogP contribution in [0.4, 0.5) is 8.22 Å². The highest BCUT2D eigenvalue weighted by Crippen LogP contribution is 2.24. The zero-order chi connectivity index (χ0) is 14.1. The van der Waals surface area contributed by atoms with Crippen LogP contribution < -0.4 is 0 Å². The fourth-order valence-electron chi connectivity index (χ4n) is 2.31. The molecule has 0 spiro atoms. The second kappa shape index (κ2) is 8.87. The molecule has 0 amide bonds. The lowest BCUT2D eigenvalue weighted by atomic mass is 10.6. The maximum atomic E-state index is 14.6. The van der Waals surface area contributed by atoms with Gasteiger partial charge in [-0.15, -0.1) is 0 Å². The van der Waals surface area contributed by atoms with Gasteiger partial charge < -0.3 is 0 Å². The normalized spacial score (nSPS) is 12.1. The van der Waals surface area contributed by atoms with Gasteiger partial charge in [-0.2, -0.15) is 0 Å². The van der Waals surface area contributed by atoms with Gasteiger partial charge in [0, 0.05) is 0 Å². The van der Waals surface area contributed by atoms with Gasteiger partial charge >= 0.3 is 16.8 Å². The predicted molar refractivity (Wildman–Crippen MR) is 81.9 cm³/mol. The van der Waals surface area contributed by atoms with Crippen molar-refractivity contribution in [3.63, 3.8) is 0 Å². The third-order valence-electron chi connectivity index (χ3n) is 3.10. The van der Waals surface area contributed by atoms with Gasteiger partial charge in [-0.05, 0) is 24.2 Å². The first kappa shape index (κ1) is 17.9. The maximum Gasteiger partial charge on any atom is 0.322 e. The number of rotatable bonds is 8. The molecule has 18 heavy (non-hydrogen) atoms. The summed E-state index contributed by atoms with van der Waals surface area (Å²) in [5.74, 6) is 0. The van der Waals surface area contributed by atoms with Crippen LogP contribution in [0.25, 0.3) is 0 Å². The van der Waals surface area contributed by atoms with Crippen molar-refractivity contribution in [1.82, 2.24) is 0 Å². The van der Waals surface area contributed by atoms with Crippen LogP contribution in [-0.4, -0.2) is 16.8 Å². The smallest absolute Gasteiger partial charge is 0.297 e. The van der Waals surface area contributed by atoms with E-state index in [2.05, 4.69) is 11.1 Å². The molecular formula is C14H28F2Si2. The Kier molecular flexibility index (Phi) is 8.80. The quantitative estimate of drug-likeness (QED) is 0.313. The first-order valence-corrected chi connectivity index (χ1v) is 12.0. The monoisotopic (exact) mass is 290 g/mol. The molecule has 0 N–H and O–H groups in total. The molecule has 0 atom stereocenters. The van der Waals surface area contributed by atoms with E-state index in [1.54, 1.807) is 0 Å². The lowest BCUT2D eigenvalue weighted by molar-refractivity contribution is 0.750. The van der Waals surface area contributed by atoms with Crippen LogP contribution in [0.2, 0.25) is 24.2 Å². The first-order valence-electron chi connectivity index (χ1n) is 7.37. The standard InChI is InChI=1S/C14H28F2Si2/c1-5-9-17(15,10-6-2)13-14-18(16,11-7-3)12-8-4/h5-12H2,1-4H3. The number of halogens is 2. The van der Waals surface area contributed by atoms with Crippen molar-refractivity contribution in [3.8, 4) is 11.1 Å². The van der Waals surface area contributed by atoms with Crippen LogP contribution in [0.5, 0.6) is 0 Å². The van der Waals surface area contributed by atoms with E-state index in [9.17, 15) is 8.22 Å². The van der Waals surface area contributed by atoms with E-state index < -0.39 is 16.8 Å². The molecule has 0 unspecified atom stereocenters. The van der Waals surface area contributed by atoms with Crippen LogP contribution >= 0.6 is 0 Å². The Morgan fingerprint density at radius 2 is 0.833 bits per heavy atom. The summed E-state index contributed by atoms with van der Waals surface area (Å²) in [5.41, 5.74) is 5.63. The average Bonchev–Trinajstić information content (AvgIpc) is 2.28. The van der Waals surface area contributed by atoms with Crippen LogP contribution in [0.15, 0.2) is 0 Å². The van der Waals surface area contributed by atoms with E-state index in [4.69, 9.17) is 0 Å². The predicted octanol–water partition coefficient (Wildman–Crippen LogP) is 5.54. The van der Waals surface area contributed by atoms with Crippen LogP contribution in [-0.2, 0) is 0 Å². The fraction of sp³-hybridized carbons (Fsp3) is 0.857. The minimum atomic E-state index is -2.98. The summed E-state index contributed by atoms with van der Waals surface area (Å²) in [6, 6.07) is 2.26. The van der Waals surface area contributed by atoms with Crippen molar-refractivity contribution in [2.45, 2.75) is 77.6 Å².